The molecule has 0 saturated carbocycles. The number of halogens is 1. The molecule has 0 radical (unpaired) electrons. The molecule has 0 aliphatic carbocycles. The summed E-state index contributed by atoms with van der Waals surface area (Å²) in [5.41, 5.74) is 1.58. The Hall–Kier alpha value is -2.80. The third-order valence-electron chi connectivity index (χ3n) is 6.18. The maximum atomic E-state index is 14.9. The Kier molecular flexibility index (Phi) is 5.81. The number of piperazine rings is 1. The normalized spacial score (nSPS) is 16.6. The summed E-state index contributed by atoms with van der Waals surface area (Å²) >= 11 is 0. The zero-order valence-corrected chi connectivity index (χ0v) is 17.9. The first-order valence-electron chi connectivity index (χ1n) is 10.6. The van der Waals surface area contributed by atoms with Crippen LogP contribution in [0.5, 0.6) is 0 Å². The summed E-state index contributed by atoms with van der Waals surface area (Å²) in [5.74, 6) is 0.469. The number of aromatic nitrogens is 4. The van der Waals surface area contributed by atoms with Gasteiger partial charge < -0.3 is 4.90 Å². The van der Waals surface area contributed by atoms with Gasteiger partial charge in [0, 0.05) is 37.4 Å². The van der Waals surface area contributed by atoms with Crippen LogP contribution in [0.25, 0.3) is 0 Å². The van der Waals surface area contributed by atoms with Gasteiger partial charge in [-0.1, -0.05) is 43.3 Å². The molecule has 158 valence electrons. The van der Waals surface area contributed by atoms with Crippen LogP contribution < -0.4 is 4.90 Å². The lowest BCUT2D eigenvalue weighted by atomic mass is 9.98. The maximum absolute atomic E-state index is 14.9. The van der Waals surface area contributed by atoms with Gasteiger partial charge >= 0.3 is 0 Å². The van der Waals surface area contributed by atoms with Crippen molar-refractivity contribution < 1.29 is 4.39 Å². The van der Waals surface area contributed by atoms with Crippen molar-refractivity contribution in [1.82, 2.24) is 25.1 Å². The molecule has 0 spiro atoms. The zero-order chi connectivity index (χ0) is 21.1. The fraction of sp³-hybridized carbons (Fsp3) is 0.435. The van der Waals surface area contributed by atoms with Crippen molar-refractivity contribution >= 4 is 5.69 Å². The summed E-state index contributed by atoms with van der Waals surface area (Å²) in [6, 6.07) is 17.1. The molecule has 0 N–H and O–H groups in total. The number of tetrazole rings is 1. The van der Waals surface area contributed by atoms with E-state index >= 15 is 0 Å². The molecule has 1 atom stereocenters. The molecule has 1 aliphatic heterocycles. The minimum Gasteiger partial charge on any atom is -0.369 e. The van der Waals surface area contributed by atoms with E-state index in [-0.39, 0.29) is 17.4 Å². The smallest absolute Gasteiger partial charge is 0.173 e. The maximum Gasteiger partial charge on any atom is 0.173 e. The van der Waals surface area contributed by atoms with Gasteiger partial charge in [-0.05, 0) is 48.9 Å². The van der Waals surface area contributed by atoms with Crippen molar-refractivity contribution in [2.75, 3.05) is 31.1 Å². The summed E-state index contributed by atoms with van der Waals surface area (Å²) in [7, 11) is 0. The van der Waals surface area contributed by atoms with E-state index in [1.54, 1.807) is 6.07 Å². The van der Waals surface area contributed by atoms with Crippen LogP contribution in [0.2, 0.25) is 0 Å². The molecule has 30 heavy (non-hydrogen) atoms. The highest BCUT2D eigenvalue weighted by Gasteiger charge is 2.35. The van der Waals surface area contributed by atoms with E-state index in [0.29, 0.717) is 11.4 Å². The molecule has 6 nitrogen and oxygen atoms in total. The Labute approximate surface area is 177 Å². The summed E-state index contributed by atoms with van der Waals surface area (Å²) in [5, 5.41) is 12.6. The summed E-state index contributed by atoms with van der Waals surface area (Å²) in [6.07, 6.45) is 0.872. The van der Waals surface area contributed by atoms with Crippen molar-refractivity contribution in [1.29, 1.82) is 0 Å². The lowest BCUT2D eigenvalue weighted by Crippen LogP contribution is -2.49. The number of rotatable bonds is 6. The van der Waals surface area contributed by atoms with E-state index in [4.69, 9.17) is 0 Å². The molecule has 1 saturated heterocycles. The monoisotopic (exact) mass is 408 g/mol. The number of para-hydroxylation sites is 1. The standard InChI is InChI=1S/C23H29FN6/c1-4-23(2,3)30-22(25-26-27-30)21(19-12-8-9-13-20(19)24)29-16-14-28(15-17-29)18-10-6-5-7-11-18/h5-13,21H,4,14-17H2,1-3H3/t21-/m0/s1. The number of benzene rings is 2. The van der Waals surface area contributed by atoms with Crippen LogP contribution in [0.4, 0.5) is 10.1 Å². The lowest BCUT2D eigenvalue weighted by Gasteiger charge is -2.40. The number of hydrogen-bond acceptors (Lipinski definition) is 5. The van der Waals surface area contributed by atoms with E-state index in [9.17, 15) is 4.39 Å². The van der Waals surface area contributed by atoms with Gasteiger partial charge in [-0.2, -0.15) is 0 Å². The van der Waals surface area contributed by atoms with Crippen molar-refractivity contribution in [2.24, 2.45) is 0 Å². The predicted octanol–water partition coefficient (Wildman–Crippen LogP) is 3.87. The summed E-state index contributed by atoms with van der Waals surface area (Å²) in [4.78, 5) is 4.67. The highest BCUT2D eigenvalue weighted by Crippen LogP contribution is 2.33. The quantitative estimate of drug-likeness (QED) is 0.620. The van der Waals surface area contributed by atoms with E-state index in [0.717, 1.165) is 32.6 Å². The molecule has 3 aromatic rings. The average molecular weight is 409 g/mol. The van der Waals surface area contributed by atoms with Crippen molar-refractivity contribution in [3.63, 3.8) is 0 Å². The molecular formula is C23H29FN6. The van der Waals surface area contributed by atoms with E-state index in [2.05, 4.69) is 70.4 Å². The van der Waals surface area contributed by atoms with Gasteiger partial charge in [0.2, 0.25) is 0 Å². The molecule has 4 rings (SSSR count). The van der Waals surface area contributed by atoms with Crippen LogP contribution in [0.15, 0.2) is 54.6 Å². The Balaban J connectivity index is 1.67. The minimum atomic E-state index is -0.329. The molecule has 0 bridgehead atoms. The zero-order valence-electron chi connectivity index (χ0n) is 17.9. The molecule has 7 heteroatoms. The lowest BCUT2D eigenvalue weighted by molar-refractivity contribution is 0.184. The van der Waals surface area contributed by atoms with Crippen molar-refractivity contribution in [3.05, 3.63) is 71.8 Å². The predicted molar refractivity (Wildman–Crippen MR) is 116 cm³/mol. The fourth-order valence-electron chi connectivity index (χ4n) is 4.02. The largest absolute Gasteiger partial charge is 0.369 e. The minimum absolute atomic E-state index is 0.225. The fourth-order valence-corrected chi connectivity index (χ4v) is 4.02. The third-order valence-corrected chi connectivity index (χ3v) is 6.18. The first-order chi connectivity index (χ1) is 14.5. The van der Waals surface area contributed by atoms with Crippen LogP contribution in [0.1, 0.15) is 44.6 Å². The molecule has 2 aromatic carbocycles. The van der Waals surface area contributed by atoms with Crippen LogP contribution in [0, 0.1) is 5.82 Å². The van der Waals surface area contributed by atoms with Crippen LogP contribution in [0.3, 0.4) is 0 Å². The highest BCUT2D eigenvalue weighted by atomic mass is 19.1. The molecule has 1 fully saturated rings. The second-order valence-corrected chi connectivity index (χ2v) is 8.40. The van der Waals surface area contributed by atoms with Gasteiger partial charge in [-0.25, -0.2) is 9.07 Å². The van der Waals surface area contributed by atoms with Gasteiger partial charge in [-0.15, -0.1) is 5.10 Å². The van der Waals surface area contributed by atoms with Crippen molar-refractivity contribution in [2.45, 2.75) is 38.8 Å². The second-order valence-electron chi connectivity index (χ2n) is 8.40. The second kappa shape index (κ2) is 8.52. The molecule has 1 aliphatic rings. The van der Waals surface area contributed by atoms with Gasteiger partial charge in [0.25, 0.3) is 0 Å². The first kappa shape index (κ1) is 20.5. The number of nitrogens with zero attached hydrogens (tertiary/aromatic N) is 6. The average Bonchev–Trinajstić information content (AvgIpc) is 3.27. The van der Waals surface area contributed by atoms with Crippen LogP contribution in [-0.2, 0) is 5.54 Å². The molecular weight excluding hydrogens is 379 g/mol. The Morgan fingerprint density at radius 3 is 2.30 bits per heavy atom. The molecule has 0 amide bonds. The van der Waals surface area contributed by atoms with E-state index < -0.39 is 0 Å². The highest BCUT2D eigenvalue weighted by molar-refractivity contribution is 5.46. The topological polar surface area (TPSA) is 50.1 Å². The van der Waals surface area contributed by atoms with Gasteiger partial charge in [0.1, 0.15) is 11.9 Å². The van der Waals surface area contributed by atoms with Crippen molar-refractivity contribution in [3.8, 4) is 0 Å². The molecule has 1 aromatic heterocycles. The first-order valence-corrected chi connectivity index (χ1v) is 10.6. The number of anilines is 1. The molecule has 0 unspecified atom stereocenters. The summed E-state index contributed by atoms with van der Waals surface area (Å²) in [6.45, 7) is 9.67. The van der Waals surface area contributed by atoms with Crippen LogP contribution >= 0.6 is 0 Å². The molecule has 2 heterocycles. The van der Waals surface area contributed by atoms with E-state index in [1.165, 1.54) is 11.8 Å². The SMILES string of the molecule is CCC(C)(C)n1nnnc1[C@H](c1ccccc1F)N1CCN(c2ccccc2)CC1. The van der Waals surface area contributed by atoms with Gasteiger partial charge in [-0.3, -0.25) is 4.90 Å². The summed E-state index contributed by atoms with van der Waals surface area (Å²) < 4.78 is 16.8. The Morgan fingerprint density at radius 2 is 1.63 bits per heavy atom. The third kappa shape index (κ3) is 3.94. The van der Waals surface area contributed by atoms with Crippen LogP contribution in [-0.4, -0.2) is 51.3 Å². The van der Waals surface area contributed by atoms with Gasteiger partial charge in [0.05, 0.1) is 5.54 Å². The number of hydrogen-bond donors (Lipinski definition) is 0. The Bertz CT molecular complexity index is 963. The van der Waals surface area contributed by atoms with Gasteiger partial charge in [0.15, 0.2) is 5.82 Å². The van der Waals surface area contributed by atoms with E-state index in [1.807, 2.05) is 22.9 Å². The Morgan fingerprint density at radius 1 is 0.967 bits per heavy atom.